The van der Waals surface area contributed by atoms with E-state index in [0.717, 1.165) is 147 Å². The maximum atomic E-state index is 11.5. The lowest BCUT2D eigenvalue weighted by Crippen LogP contribution is -2.40. The second kappa shape index (κ2) is 50.3. The van der Waals surface area contributed by atoms with Crippen molar-refractivity contribution in [3.05, 3.63) is 182 Å². The van der Waals surface area contributed by atoms with Gasteiger partial charge in [0.05, 0.1) is 0 Å². The Bertz CT molecular complexity index is 4070. The van der Waals surface area contributed by atoms with Gasteiger partial charge in [-0.05, 0) is 331 Å². The van der Waals surface area contributed by atoms with Crippen molar-refractivity contribution in [2.45, 2.75) is 360 Å². The fourth-order valence-electron chi connectivity index (χ4n) is 20.3. The van der Waals surface area contributed by atoms with E-state index in [-0.39, 0.29) is 27.6 Å². The summed E-state index contributed by atoms with van der Waals surface area (Å²) in [5, 5.41) is 0. The Morgan fingerprint density at radius 1 is 0.570 bits per heavy atom. The number of benzene rings is 4. The van der Waals surface area contributed by atoms with Gasteiger partial charge < -0.3 is 38.2 Å². The molecule has 0 N–H and O–H groups in total. The van der Waals surface area contributed by atoms with Crippen LogP contribution in [-0.4, -0.2) is 63.7 Å². The summed E-state index contributed by atoms with van der Waals surface area (Å²) in [6.07, 6.45) is 49.5. The van der Waals surface area contributed by atoms with Gasteiger partial charge in [-0.2, -0.15) is 0 Å². The van der Waals surface area contributed by atoms with Gasteiger partial charge >= 0.3 is 0 Å². The van der Waals surface area contributed by atoms with Gasteiger partial charge in [-0.3, -0.25) is 14.4 Å². The number of hydrogen-bond donors (Lipinski definition) is 0. The first-order chi connectivity index (χ1) is 57.3. The fourth-order valence-corrected chi connectivity index (χ4v) is 20.3. The van der Waals surface area contributed by atoms with E-state index in [9.17, 15) is 38.4 Å². The van der Waals surface area contributed by atoms with E-state index < -0.39 is 0 Å². The largest absolute Gasteiger partial charge is 0.490 e. The molecule has 1 heterocycles. The van der Waals surface area contributed by atoms with Crippen LogP contribution in [0.25, 0.3) is 0 Å². The van der Waals surface area contributed by atoms with E-state index in [4.69, 9.17) is 14.2 Å². The van der Waals surface area contributed by atoms with Gasteiger partial charge in [0.25, 0.3) is 0 Å². The van der Waals surface area contributed by atoms with Crippen molar-refractivity contribution in [1.82, 2.24) is 0 Å². The van der Waals surface area contributed by atoms with E-state index in [1.54, 1.807) is 41.5 Å². The molecule has 3 fully saturated rings. The summed E-state index contributed by atoms with van der Waals surface area (Å²) in [5.74, 6) is 8.04. The van der Waals surface area contributed by atoms with Crippen molar-refractivity contribution in [2.24, 2.45) is 64.1 Å². The van der Waals surface area contributed by atoms with Gasteiger partial charge in [-0.1, -0.05) is 227 Å². The zero-order valence-electron chi connectivity index (χ0n) is 79.5. The highest BCUT2D eigenvalue weighted by Gasteiger charge is 2.64. The number of carbonyl (C=O) groups excluding carboxylic acids is 8. The zero-order chi connectivity index (χ0) is 89.9. The first-order valence-corrected chi connectivity index (χ1v) is 46.6. The summed E-state index contributed by atoms with van der Waals surface area (Å²) in [7, 11) is 0. The molecule has 11 nitrogen and oxygen atoms in total. The summed E-state index contributed by atoms with van der Waals surface area (Å²) in [4.78, 5) is 85.8. The van der Waals surface area contributed by atoms with Gasteiger partial charge in [0.1, 0.15) is 62.6 Å². The molecular formula is C110H162O11. The number of ether oxygens (including phenoxy) is 3. The number of carbonyl (C=O) groups is 8. The quantitative estimate of drug-likeness (QED) is 0.0412. The third-order valence-electron chi connectivity index (χ3n) is 28.6. The van der Waals surface area contributed by atoms with Crippen LogP contribution in [0.5, 0.6) is 17.2 Å². The Morgan fingerprint density at radius 2 is 1.20 bits per heavy atom. The minimum Gasteiger partial charge on any atom is -0.490 e. The molecule has 4 bridgehead atoms. The monoisotopic (exact) mass is 1660 g/mol. The van der Waals surface area contributed by atoms with E-state index in [0.29, 0.717) is 84.6 Å². The van der Waals surface area contributed by atoms with Crippen molar-refractivity contribution in [1.29, 1.82) is 0 Å². The van der Waals surface area contributed by atoms with Gasteiger partial charge in [0, 0.05) is 47.8 Å². The lowest BCUT2D eigenvalue weighted by Gasteiger charge is -2.46. The summed E-state index contributed by atoms with van der Waals surface area (Å²) < 4.78 is 15.7. The molecule has 121 heavy (non-hydrogen) atoms. The van der Waals surface area contributed by atoms with Crippen molar-refractivity contribution >= 4 is 50.3 Å². The van der Waals surface area contributed by atoms with Crippen LogP contribution in [0.1, 0.15) is 396 Å². The fraction of sp³-hybridized carbons (Fsp3) is 0.618. The molecule has 0 saturated heterocycles. The van der Waals surface area contributed by atoms with E-state index in [1.807, 2.05) is 31.2 Å². The number of aryl methyl sites for hydroxylation is 1. The van der Waals surface area contributed by atoms with Crippen LogP contribution in [0, 0.1) is 64.1 Å². The lowest BCUT2D eigenvalue weighted by atomic mass is 9.58. The molecule has 3 saturated carbocycles. The topological polar surface area (TPSA) is 164 Å². The maximum absolute atomic E-state index is 11.5. The van der Waals surface area contributed by atoms with Crippen LogP contribution in [0.15, 0.2) is 132 Å². The third-order valence-corrected chi connectivity index (χ3v) is 28.6. The Kier molecular flexibility index (Phi) is 43.2. The summed E-state index contributed by atoms with van der Waals surface area (Å²) in [5.41, 5.74) is 19.4. The van der Waals surface area contributed by atoms with Crippen LogP contribution in [0.2, 0.25) is 0 Å². The van der Waals surface area contributed by atoms with Crippen LogP contribution >= 0.6 is 0 Å². The molecule has 0 spiro atoms. The molecule has 0 radical (unpaired) electrons. The standard InChI is InChI=1S/C17H24O.C16H22O.C15H24O.C15H26O.C13H20O.C13H24O.C11H12O3.C10H10O2/c1-6-12-9-14-15(10-13(12)11-18)17(4,5)8-7-16(14,2)3;1-11-9-15(2,3)13-7-6-12(10-17)8-14(13)16(11,4)5;1-14(2)7-4-8-15(3)11-6-5-10(13(11)14)12(15)9-16;1-13(2)7-5-8-14(3)9-6-10-15(4)11-12-16;14-10-11-7-8-12-5-3-1-2-4-6-13(12)9-11;1-5-13(9-10-14)12(4)8-6-7-11(2)3;1-8(4-5-12)9-2-3-10-11(6-9)14-7-13-10;1-2-7-12-10-5-3-9(8-11)4-6-10/h9-11H,6-8H2,1-5H3;6-8,10-11H,9H2,1-5H3;9-13H,4-8H2,1-3H3;7,9,12,15H,5-6,8,10-11H2,1-4H3;10-11H,1-9H2;8,10-11,13H,5-7,9H2,1-4H3;2-3,5-6,8H,4,7H2,1H3;2-6,8H,1,7H2/b;;;14-9+;;12-8+;;. The Morgan fingerprint density at radius 3 is 1.79 bits per heavy atom. The predicted octanol–water partition coefficient (Wildman–Crippen LogP) is 28.7. The highest BCUT2D eigenvalue weighted by Crippen LogP contribution is 2.70. The Balaban J connectivity index is 0.000000247. The van der Waals surface area contributed by atoms with Crippen molar-refractivity contribution in [3.8, 4) is 17.2 Å². The van der Waals surface area contributed by atoms with Crippen molar-refractivity contribution in [2.75, 3.05) is 13.4 Å². The molecule has 1 aliphatic heterocycles. The number of rotatable bonds is 27. The van der Waals surface area contributed by atoms with Crippen LogP contribution in [0.3, 0.4) is 0 Å². The second-order valence-corrected chi connectivity index (χ2v) is 40.7. The number of fused-ring (bicyclic) bond motifs is 3. The zero-order valence-corrected chi connectivity index (χ0v) is 79.5. The predicted molar refractivity (Wildman–Crippen MR) is 504 cm³/mol. The Labute approximate surface area is 734 Å². The maximum Gasteiger partial charge on any atom is 0.231 e. The molecule has 4 aromatic carbocycles. The van der Waals surface area contributed by atoms with Gasteiger partial charge in [-0.15, -0.1) is 0 Å². The smallest absolute Gasteiger partial charge is 0.231 e. The van der Waals surface area contributed by atoms with Gasteiger partial charge in [0.15, 0.2) is 11.5 Å². The van der Waals surface area contributed by atoms with E-state index in [2.05, 4.69) is 194 Å². The molecule has 0 aromatic heterocycles. The summed E-state index contributed by atoms with van der Waals surface area (Å²) >= 11 is 0. The lowest BCUT2D eigenvalue weighted by molar-refractivity contribution is -0.117. The molecule has 7 aliphatic carbocycles. The summed E-state index contributed by atoms with van der Waals surface area (Å²) in [6.45, 7) is 53.9. The molecule has 4 aromatic rings. The van der Waals surface area contributed by atoms with Crippen LogP contribution in [0.4, 0.5) is 0 Å². The number of allylic oxidation sites excluding steroid dienone is 8. The van der Waals surface area contributed by atoms with Gasteiger partial charge in [0.2, 0.25) is 6.79 Å². The molecule has 10 unspecified atom stereocenters. The first kappa shape index (κ1) is 104. The van der Waals surface area contributed by atoms with Crippen LogP contribution < -0.4 is 14.2 Å². The van der Waals surface area contributed by atoms with E-state index >= 15 is 0 Å². The molecular weight excluding hydrogens is 1500 g/mol. The number of aldehydes is 8. The molecule has 668 valence electrons. The second-order valence-electron chi connectivity index (χ2n) is 40.7. The average molecular weight is 1660 g/mol. The molecule has 12 rings (SSSR count). The highest BCUT2D eigenvalue weighted by molar-refractivity contribution is 5.79. The molecule has 0 amide bonds. The third kappa shape index (κ3) is 30.9. The first-order valence-electron chi connectivity index (χ1n) is 46.6. The minimum absolute atomic E-state index is 0.157. The number of hydrogen-bond acceptors (Lipinski definition) is 11. The van der Waals surface area contributed by atoms with Crippen LogP contribution in [-0.2, 0) is 52.1 Å². The highest BCUT2D eigenvalue weighted by atomic mass is 16.7. The SMILES string of the molecule is C=CCOc1ccc(C=O)cc1.CC(C)=CCC/C(C)=C/CCC(C)CC=O.CC(CC=O)c1ccc2c(c1)OCO2.CC1(C)CCCC2(C)C(C=O)C3CCC2C31.CC1CC(C)(C)c2ccc(C=O)cc2C1(C)C.CCC(CC=O)/C(C)=C/CCC(C)C.CCc1cc2c(cc1C=O)C(C)(C)CCC2(C)C.O=CC1CCC2=C(CCCCCC2)C1. The molecule has 11 heteroatoms. The average Bonchev–Trinajstić information content (AvgIpc) is 1.55. The summed E-state index contributed by atoms with van der Waals surface area (Å²) in [6, 6.07) is 23.3. The minimum atomic E-state index is 0.157. The normalized spacial score (nSPS) is 23.1. The van der Waals surface area contributed by atoms with E-state index in [1.165, 1.54) is 160 Å². The Hall–Kier alpha value is -7.66. The van der Waals surface area contributed by atoms with Crippen molar-refractivity contribution < 1.29 is 52.6 Å². The molecule has 8 aliphatic rings. The van der Waals surface area contributed by atoms with Gasteiger partial charge in [-0.25, -0.2) is 0 Å². The van der Waals surface area contributed by atoms with Crippen molar-refractivity contribution in [3.63, 3.8) is 0 Å². The molecule has 10 atom stereocenters.